The first-order chi connectivity index (χ1) is 7.93. The standard InChI is InChI=1S/C10H15NO4S2/c1-6(3-17-7(2)12)9(13)11-5-16-4-8(11)10(14)15/h6,8H,3-5H2,1-2H3,(H,14,15)/t6-,8-/m0/s1. The van der Waals surface area contributed by atoms with E-state index in [4.69, 9.17) is 5.11 Å². The van der Waals surface area contributed by atoms with Crippen LogP contribution in [-0.2, 0) is 14.4 Å². The van der Waals surface area contributed by atoms with Crippen LogP contribution in [-0.4, -0.2) is 50.4 Å². The summed E-state index contributed by atoms with van der Waals surface area (Å²) in [7, 11) is 0. The van der Waals surface area contributed by atoms with E-state index >= 15 is 0 Å². The quantitative estimate of drug-likeness (QED) is 0.822. The normalized spacial score (nSPS) is 21.3. The smallest absolute Gasteiger partial charge is 0.327 e. The highest BCUT2D eigenvalue weighted by Gasteiger charge is 2.36. The van der Waals surface area contributed by atoms with Crippen molar-refractivity contribution in [3.8, 4) is 0 Å². The Hall–Kier alpha value is -0.690. The maximum atomic E-state index is 12.0. The van der Waals surface area contributed by atoms with E-state index in [0.717, 1.165) is 11.8 Å². The summed E-state index contributed by atoms with van der Waals surface area (Å²) in [5.74, 6) is -0.212. The predicted octanol–water partition coefficient (Wildman–Crippen LogP) is 0.888. The molecule has 0 aliphatic carbocycles. The minimum Gasteiger partial charge on any atom is -0.480 e. The van der Waals surface area contributed by atoms with Crippen molar-refractivity contribution in [2.24, 2.45) is 5.92 Å². The second-order valence-electron chi connectivity index (χ2n) is 3.87. The molecule has 1 aliphatic rings. The number of thioether (sulfide) groups is 2. The van der Waals surface area contributed by atoms with Crippen LogP contribution in [0.15, 0.2) is 0 Å². The van der Waals surface area contributed by atoms with Gasteiger partial charge in [-0.2, -0.15) is 0 Å². The highest BCUT2D eigenvalue weighted by molar-refractivity contribution is 8.13. The van der Waals surface area contributed by atoms with Crippen LogP contribution in [0.2, 0.25) is 0 Å². The molecule has 17 heavy (non-hydrogen) atoms. The van der Waals surface area contributed by atoms with Gasteiger partial charge in [0.15, 0.2) is 5.12 Å². The van der Waals surface area contributed by atoms with Crippen molar-refractivity contribution < 1.29 is 19.5 Å². The van der Waals surface area contributed by atoms with Gasteiger partial charge in [0, 0.05) is 24.3 Å². The molecule has 1 fully saturated rings. The summed E-state index contributed by atoms with van der Waals surface area (Å²) >= 11 is 2.53. The van der Waals surface area contributed by atoms with E-state index in [1.807, 2.05) is 0 Å². The van der Waals surface area contributed by atoms with Gasteiger partial charge in [0.05, 0.1) is 5.88 Å². The van der Waals surface area contributed by atoms with E-state index < -0.39 is 12.0 Å². The molecule has 2 atom stereocenters. The molecule has 96 valence electrons. The molecule has 0 radical (unpaired) electrons. The molecule has 0 unspecified atom stereocenters. The molecule has 1 heterocycles. The molecule has 1 amide bonds. The van der Waals surface area contributed by atoms with Gasteiger partial charge in [0.2, 0.25) is 5.91 Å². The molecule has 1 N–H and O–H groups in total. The first-order valence-corrected chi connectivity index (χ1v) is 7.32. The molecule has 1 saturated heterocycles. The van der Waals surface area contributed by atoms with Gasteiger partial charge in [-0.3, -0.25) is 9.59 Å². The van der Waals surface area contributed by atoms with E-state index in [1.54, 1.807) is 6.92 Å². The summed E-state index contributed by atoms with van der Waals surface area (Å²) in [5.41, 5.74) is 0. The molecule has 0 saturated carbocycles. The molecular formula is C10H15NO4S2. The number of aliphatic carboxylic acids is 1. The Morgan fingerprint density at radius 1 is 1.53 bits per heavy atom. The number of nitrogens with zero attached hydrogens (tertiary/aromatic N) is 1. The Morgan fingerprint density at radius 2 is 2.18 bits per heavy atom. The van der Waals surface area contributed by atoms with Gasteiger partial charge in [0.1, 0.15) is 6.04 Å². The lowest BCUT2D eigenvalue weighted by molar-refractivity contribution is -0.148. The van der Waals surface area contributed by atoms with Crippen LogP contribution in [0.5, 0.6) is 0 Å². The average Bonchev–Trinajstić information content (AvgIpc) is 2.73. The van der Waals surface area contributed by atoms with Crippen LogP contribution >= 0.6 is 23.5 Å². The van der Waals surface area contributed by atoms with Crippen LogP contribution < -0.4 is 0 Å². The van der Waals surface area contributed by atoms with E-state index in [-0.39, 0.29) is 16.9 Å². The number of rotatable bonds is 4. The summed E-state index contributed by atoms with van der Waals surface area (Å²) in [6.07, 6.45) is 0. The topological polar surface area (TPSA) is 74.7 Å². The number of carboxylic acids is 1. The fourth-order valence-corrected chi connectivity index (χ4v) is 3.24. The van der Waals surface area contributed by atoms with Gasteiger partial charge < -0.3 is 10.0 Å². The Kier molecular flexibility index (Phi) is 5.32. The monoisotopic (exact) mass is 277 g/mol. The van der Waals surface area contributed by atoms with Crippen molar-refractivity contribution in [3.63, 3.8) is 0 Å². The Bertz CT molecular complexity index is 334. The number of hydrogen-bond donors (Lipinski definition) is 1. The summed E-state index contributed by atoms with van der Waals surface area (Å²) in [4.78, 5) is 35.1. The Balaban J connectivity index is 2.56. The fraction of sp³-hybridized carbons (Fsp3) is 0.700. The van der Waals surface area contributed by atoms with Crippen molar-refractivity contribution in [2.45, 2.75) is 19.9 Å². The van der Waals surface area contributed by atoms with Crippen LogP contribution in [0.3, 0.4) is 0 Å². The SMILES string of the molecule is CC(=O)SC[C@H](C)C(=O)N1CSC[C@H]1C(=O)O. The van der Waals surface area contributed by atoms with Gasteiger partial charge in [-0.25, -0.2) is 4.79 Å². The van der Waals surface area contributed by atoms with Gasteiger partial charge in [-0.15, -0.1) is 11.8 Å². The highest BCUT2D eigenvalue weighted by atomic mass is 32.2. The Labute approximate surface area is 108 Å². The maximum absolute atomic E-state index is 12.0. The summed E-state index contributed by atoms with van der Waals surface area (Å²) < 4.78 is 0. The molecular weight excluding hydrogens is 262 g/mol. The molecule has 5 nitrogen and oxygen atoms in total. The molecule has 0 spiro atoms. The summed E-state index contributed by atoms with van der Waals surface area (Å²) in [6, 6.07) is -0.725. The Morgan fingerprint density at radius 3 is 2.71 bits per heavy atom. The maximum Gasteiger partial charge on any atom is 0.327 e. The van der Waals surface area contributed by atoms with Gasteiger partial charge in [0.25, 0.3) is 0 Å². The van der Waals surface area contributed by atoms with Crippen molar-refractivity contribution in [3.05, 3.63) is 0 Å². The minimum atomic E-state index is -0.963. The number of hydrogen-bond acceptors (Lipinski definition) is 5. The van der Waals surface area contributed by atoms with Crippen LogP contribution in [0.25, 0.3) is 0 Å². The third kappa shape index (κ3) is 3.92. The predicted molar refractivity (Wildman–Crippen MR) is 67.9 cm³/mol. The van der Waals surface area contributed by atoms with E-state index in [1.165, 1.54) is 23.6 Å². The highest BCUT2D eigenvalue weighted by Crippen LogP contribution is 2.24. The van der Waals surface area contributed by atoms with Crippen molar-refractivity contribution >= 4 is 40.5 Å². The lowest BCUT2D eigenvalue weighted by Gasteiger charge is -2.23. The van der Waals surface area contributed by atoms with E-state index in [9.17, 15) is 14.4 Å². The van der Waals surface area contributed by atoms with E-state index in [2.05, 4.69) is 0 Å². The average molecular weight is 277 g/mol. The number of carboxylic acid groups (broad SMARTS) is 1. The second kappa shape index (κ2) is 6.30. The fourth-order valence-electron chi connectivity index (χ4n) is 1.46. The van der Waals surface area contributed by atoms with Crippen LogP contribution in [0.1, 0.15) is 13.8 Å². The largest absolute Gasteiger partial charge is 0.480 e. The van der Waals surface area contributed by atoms with Crippen molar-refractivity contribution in [1.29, 1.82) is 0 Å². The molecule has 7 heteroatoms. The zero-order valence-electron chi connectivity index (χ0n) is 9.71. The molecule has 1 rings (SSSR count). The van der Waals surface area contributed by atoms with Gasteiger partial charge in [-0.05, 0) is 0 Å². The van der Waals surface area contributed by atoms with Crippen molar-refractivity contribution in [2.75, 3.05) is 17.4 Å². The van der Waals surface area contributed by atoms with Crippen LogP contribution in [0, 0.1) is 5.92 Å². The zero-order valence-corrected chi connectivity index (χ0v) is 11.3. The number of carbonyl (C=O) groups is 3. The number of amides is 1. The molecule has 0 aromatic rings. The summed E-state index contributed by atoms with van der Waals surface area (Å²) in [6.45, 7) is 3.17. The third-order valence-electron chi connectivity index (χ3n) is 2.41. The summed E-state index contributed by atoms with van der Waals surface area (Å²) in [5, 5.41) is 8.93. The lowest BCUT2D eigenvalue weighted by Crippen LogP contribution is -2.44. The first-order valence-electron chi connectivity index (χ1n) is 5.18. The first kappa shape index (κ1) is 14.4. The third-order valence-corrected chi connectivity index (χ3v) is 4.49. The second-order valence-corrected chi connectivity index (χ2v) is 6.06. The van der Waals surface area contributed by atoms with E-state index in [0.29, 0.717) is 17.4 Å². The lowest BCUT2D eigenvalue weighted by atomic mass is 10.1. The molecule has 0 aromatic carbocycles. The van der Waals surface area contributed by atoms with Crippen molar-refractivity contribution in [1.82, 2.24) is 4.90 Å². The van der Waals surface area contributed by atoms with Gasteiger partial charge >= 0.3 is 5.97 Å². The molecule has 1 aliphatic heterocycles. The number of carbonyl (C=O) groups excluding carboxylic acids is 2. The van der Waals surface area contributed by atoms with Gasteiger partial charge in [-0.1, -0.05) is 18.7 Å². The molecule has 0 bridgehead atoms. The minimum absolute atomic E-state index is 0.0322. The van der Waals surface area contributed by atoms with Crippen LogP contribution in [0.4, 0.5) is 0 Å². The molecule has 0 aromatic heterocycles. The zero-order chi connectivity index (χ0) is 13.0.